The minimum atomic E-state index is -0.411. The van der Waals surface area contributed by atoms with Gasteiger partial charge in [-0.3, -0.25) is 4.79 Å². The molecule has 1 atom stereocenters. The van der Waals surface area contributed by atoms with Gasteiger partial charge in [-0.05, 0) is 12.8 Å². The number of hydrogen-bond acceptors (Lipinski definition) is 4. The summed E-state index contributed by atoms with van der Waals surface area (Å²) in [6.45, 7) is 6.21. The highest BCUT2D eigenvalue weighted by Gasteiger charge is 2.24. The second kappa shape index (κ2) is 6.07. The van der Waals surface area contributed by atoms with E-state index >= 15 is 0 Å². The zero-order valence-electron chi connectivity index (χ0n) is 10.2. The van der Waals surface area contributed by atoms with Crippen LogP contribution in [0.5, 0.6) is 0 Å². The number of hydrogen-bond donors (Lipinski definition) is 2. The summed E-state index contributed by atoms with van der Waals surface area (Å²) >= 11 is 6.44. The van der Waals surface area contributed by atoms with Gasteiger partial charge in [0.2, 0.25) is 5.91 Å². The van der Waals surface area contributed by atoms with Gasteiger partial charge < -0.3 is 11.1 Å². The number of thiazole rings is 1. The van der Waals surface area contributed by atoms with E-state index in [1.54, 1.807) is 0 Å². The first-order valence-corrected chi connectivity index (χ1v) is 6.68. The highest BCUT2D eigenvalue weighted by Crippen LogP contribution is 2.13. The average molecular weight is 271 g/mol. The second-order valence-corrected chi connectivity index (χ2v) is 5.64. The van der Waals surface area contributed by atoms with Crippen LogP contribution in [0.3, 0.4) is 0 Å². The van der Waals surface area contributed by atoms with Crippen molar-refractivity contribution < 1.29 is 4.79 Å². The molecule has 1 heterocycles. The molecule has 6 heteroatoms. The van der Waals surface area contributed by atoms with Gasteiger partial charge in [0.15, 0.2) is 0 Å². The lowest BCUT2D eigenvalue weighted by Gasteiger charge is -2.18. The van der Waals surface area contributed by atoms with Crippen LogP contribution in [0.2, 0.25) is 0 Å². The van der Waals surface area contributed by atoms with Crippen molar-refractivity contribution in [1.82, 2.24) is 10.3 Å². The Morgan fingerprint density at radius 2 is 2.29 bits per heavy atom. The Kier molecular flexibility index (Phi) is 5.02. The fourth-order valence-electron chi connectivity index (χ4n) is 1.52. The maximum absolute atomic E-state index is 11.9. The average Bonchev–Trinajstić information content (AvgIpc) is 2.60. The SMILES string of the molecule is Cc1csc(CNC(=O)C(C(N)=S)C(C)C)n1. The third-order valence-electron chi connectivity index (χ3n) is 2.34. The van der Waals surface area contributed by atoms with Crippen molar-refractivity contribution in [1.29, 1.82) is 0 Å². The van der Waals surface area contributed by atoms with E-state index in [2.05, 4.69) is 10.3 Å². The van der Waals surface area contributed by atoms with Crippen LogP contribution in [-0.2, 0) is 11.3 Å². The van der Waals surface area contributed by atoms with Crippen molar-refractivity contribution >= 4 is 34.5 Å². The predicted octanol–water partition coefficient (Wildman–Crippen LogP) is 1.63. The van der Waals surface area contributed by atoms with Crippen LogP contribution in [-0.4, -0.2) is 15.9 Å². The number of nitrogens with one attached hydrogen (secondary N) is 1. The molecule has 0 bridgehead atoms. The zero-order valence-corrected chi connectivity index (χ0v) is 11.8. The van der Waals surface area contributed by atoms with E-state index in [4.69, 9.17) is 18.0 Å². The Morgan fingerprint density at radius 3 is 2.71 bits per heavy atom. The molecule has 1 aromatic heterocycles. The maximum Gasteiger partial charge on any atom is 0.230 e. The number of rotatable bonds is 5. The third kappa shape index (κ3) is 4.05. The standard InChI is InChI=1S/C11H17N3OS2/c1-6(2)9(10(12)16)11(15)13-4-8-14-7(3)5-17-8/h5-6,9H,4H2,1-3H3,(H2,12,16)(H,13,15). The maximum atomic E-state index is 11.9. The van der Waals surface area contributed by atoms with Crippen LogP contribution < -0.4 is 11.1 Å². The number of aryl methyl sites for hydroxylation is 1. The molecule has 3 N–H and O–H groups in total. The van der Waals surface area contributed by atoms with Gasteiger partial charge in [0.1, 0.15) is 5.01 Å². The van der Waals surface area contributed by atoms with Crippen LogP contribution in [0.4, 0.5) is 0 Å². The van der Waals surface area contributed by atoms with Gasteiger partial charge >= 0.3 is 0 Å². The van der Waals surface area contributed by atoms with E-state index in [1.165, 1.54) is 11.3 Å². The summed E-state index contributed by atoms with van der Waals surface area (Å²) in [6, 6.07) is 0. The fourth-order valence-corrected chi connectivity index (χ4v) is 2.61. The summed E-state index contributed by atoms with van der Waals surface area (Å²) in [5, 5.41) is 5.66. The number of thiocarbonyl (C=S) groups is 1. The van der Waals surface area contributed by atoms with Crippen molar-refractivity contribution in [3.8, 4) is 0 Å². The van der Waals surface area contributed by atoms with Gasteiger partial charge in [-0.15, -0.1) is 11.3 Å². The van der Waals surface area contributed by atoms with Crippen LogP contribution >= 0.6 is 23.6 Å². The summed E-state index contributed by atoms with van der Waals surface area (Å²) in [6.07, 6.45) is 0. The van der Waals surface area contributed by atoms with E-state index < -0.39 is 5.92 Å². The summed E-state index contributed by atoms with van der Waals surface area (Å²) in [5.74, 6) is -0.433. The molecule has 1 amide bonds. The molecule has 4 nitrogen and oxygen atoms in total. The van der Waals surface area contributed by atoms with E-state index in [9.17, 15) is 4.79 Å². The fraction of sp³-hybridized carbons (Fsp3) is 0.545. The van der Waals surface area contributed by atoms with Crippen molar-refractivity contribution in [2.45, 2.75) is 27.3 Å². The molecule has 1 rings (SSSR count). The lowest BCUT2D eigenvalue weighted by Crippen LogP contribution is -2.40. The van der Waals surface area contributed by atoms with Gasteiger partial charge in [-0.25, -0.2) is 4.98 Å². The number of aromatic nitrogens is 1. The van der Waals surface area contributed by atoms with Crippen LogP contribution in [0.15, 0.2) is 5.38 Å². The smallest absolute Gasteiger partial charge is 0.230 e. The van der Waals surface area contributed by atoms with E-state index in [1.807, 2.05) is 26.2 Å². The highest BCUT2D eigenvalue weighted by molar-refractivity contribution is 7.80. The topological polar surface area (TPSA) is 68.0 Å². The molecule has 0 fully saturated rings. The summed E-state index contributed by atoms with van der Waals surface area (Å²) in [5.41, 5.74) is 6.54. The first kappa shape index (κ1) is 14.1. The molecular formula is C11H17N3OS2. The first-order chi connectivity index (χ1) is 7.91. The van der Waals surface area contributed by atoms with Gasteiger partial charge in [0, 0.05) is 11.1 Å². The molecule has 0 aliphatic rings. The van der Waals surface area contributed by atoms with Gasteiger partial charge in [0.25, 0.3) is 0 Å². The molecule has 0 saturated heterocycles. The number of carbonyl (C=O) groups excluding carboxylic acids is 1. The Balaban J connectivity index is 2.56. The molecule has 0 spiro atoms. The number of nitrogens with zero attached hydrogens (tertiary/aromatic N) is 1. The minimum Gasteiger partial charge on any atom is -0.393 e. The van der Waals surface area contributed by atoms with Crippen LogP contribution in [0.1, 0.15) is 24.5 Å². The first-order valence-electron chi connectivity index (χ1n) is 5.40. The number of carbonyl (C=O) groups is 1. The molecule has 0 aliphatic heterocycles. The lowest BCUT2D eigenvalue weighted by atomic mass is 9.95. The Bertz CT molecular complexity index is 415. The Morgan fingerprint density at radius 1 is 1.65 bits per heavy atom. The minimum absolute atomic E-state index is 0.102. The molecule has 0 radical (unpaired) electrons. The lowest BCUT2D eigenvalue weighted by molar-refractivity contribution is -0.124. The molecule has 1 unspecified atom stereocenters. The molecule has 0 saturated carbocycles. The molecule has 1 aromatic rings. The van der Waals surface area contributed by atoms with Crippen molar-refractivity contribution in [2.24, 2.45) is 17.6 Å². The molecule has 94 valence electrons. The predicted molar refractivity (Wildman–Crippen MR) is 73.8 cm³/mol. The molecule has 0 aromatic carbocycles. The number of nitrogens with two attached hydrogens (primary N) is 1. The highest BCUT2D eigenvalue weighted by atomic mass is 32.1. The summed E-state index contributed by atoms with van der Waals surface area (Å²) in [7, 11) is 0. The normalized spacial score (nSPS) is 12.5. The van der Waals surface area contributed by atoms with Gasteiger partial charge in [-0.1, -0.05) is 26.1 Å². The Hall–Kier alpha value is -1.01. The van der Waals surface area contributed by atoms with Crippen LogP contribution in [0, 0.1) is 18.8 Å². The second-order valence-electron chi connectivity index (χ2n) is 4.22. The monoisotopic (exact) mass is 271 g/mol. The largest absolute Gasteiger partial charge is 0.393 e. The van der Waals surface area contributed by atoms with Gasteiger partial charge in [-0.2, -0.15) is 0 Å². The summed E-state index contributed by atoms with van der Waals surface area (Å²) in [4.78, 5) is 16.4. The quantitative estimate of drug-likeness (QED) is 0.799. The molecule has 17 heavy (non-hydrogen) atoms. The van der Waals surface area contributed by atoms with Crippen LogP contribution in [0.25, 0.3) is 0 Å². The zero-order chi connectivity index (χ0) is 13.0. The molecule has 0 aliphatic carbocycles. The van der Waals surface area contributed by atoms with E-state index in [0.717, 1.165) is 10.7 Å². The third-order valence-corrected chi connectivity index (χ3v) is 3.56. The number of amides is 1. The van der Waals surface area contributed by atoms with E-state index in [0.29, 0.717) is 6.54 Å². The molecular weight excluding hydrogens is 254 g/mol. The van der Waals surface area contributed by atoms with Crippen molar-refractivity contribution in [2.75, 3.05) is 0 Å². The summed E-state index contributed by atoms with van der Waals surface area (Å²) < 4.78 is 0. The van der Waals surface area contributed by atoms with Crippen molar-refractivity contribution in [3.05, 3.63) is 16.1 Å². The van der Waals surface area contributed by atoms with Crippen molar-refractivity contribution in [3.63, 3.8) is 0 Å². The van der Waals surface area contributed by atoms with E-state index in [-0.39, 0.29) is 16.8 Å². The Labute approximate surface area is 111 Å². The van der Waals surface area contributed by atoms with Gasteiger partial charge in [0.05, 0.1) is 17.5 Å².